The third kappa shape index (κ3) is 2.15. The van der Waals surface area contributed by atoms with Crippen LogP contribution in [0, 0.1) is 0 Å². The molecular weight excluding hydrogens is 194 g/mol. The average molecular weight is 211 g/mol. The lowest BCUT2D eigenvalue weighted by Gasteiger charge is -2.34. The van der Waals surface area contributed by atoms with E-state index in [1.54, 1.807) is 0 Å². The molecule has 2 nitrogen and oxygen atoms in total. The van der Waals surface area contributed by atoms with Gasteiger partial charge in [-0.05, 0) is 31.7 Å². The zero-order valence-electron chi connectivity index (χ0n) is 9.20. The first-order valence-corrected chi connectivity index (χ1v) is 5.68. The summed E-state index contributed by atoms with van der Waals surface area (Å²) in [5.74, 6) is 0.117. The van der Waals surface area contributed by atoms with Crippen LogP contribution in [0.15, 0.2) is 17.5 Å². The molecule has 1 heterocycles. The zero-order chi connectivity index (χ0) is 10.8. The largest absolute Gasteiger partial charge is 0.336 e. The topological polar surface area (TPSA) is 20.3 Å². The van der Waals surface area contributed by atoms with E-state index in [0.29, 0.717) is 0 Å². The van der Waals surface area contributed by atoms with Crippen LogP contribution in [-0.2, 0) is 0 Å². The van der Waals surface area contributed by atoms with Crippen molar-refractivity contribution in [1.82, 2.24) is 4.90 Å². The van der Waals surface area contributed by atoms with Gasteiger partial charge >= 0.3 is 0 Å². The molecule has 1 aromatic heterocycles. The van der Waals surface area contributed by atoms with Crippen molar-refractivity contribution in [3.8, 4) is 0 Å². The van der Waals surface area contributed by atoms with Crippen molar-refractivity contribution < 1.29 is 4.79 Å². The normalized spacial score (nSPS) is 11.4. The van der Waals surface area contributed by atoms with Gasteiger partial charge in [-0.3, -0.25) is 4.79 Å². The summed E-state index contributed by atoms with van der Waals surface area (Å²) in [6.07, 6.45) is 0.959. The molecule has 0 aliphatic heterocycles. The van der Waals surface area contributed by atoms with Crippen LogP contribution in [0.2, 0.25) is 0 Å². The van der Waals surface area contributed by atoms with Gasteiger partial charge in [0.25, 0.3) is 5.91 Å². The maximum atomic E-state index is 11.9. The first-order chi connectivity index (χ1) is 6.49. The maximum Gasteiger partial charge on any atom is 0.264 e. The lowest BCUT2D eigenvalue weighted by Crippen LogP contribution is -2.44. The van der Waals surface area contributed by atoms with Gasteiger partial charge < -0.3 is 4.90 Å². The smallest absolute Gasteiger partial charge is 0.264 e. The summed E-state index contributed by atoms with van der Waals surface area (Å²) in [7, 11) is 1.87. The Morgan fingerprint density at radius 2 is 2.21 bits per heavy atom. The van der Waals surface area contributed by atoms with Gasteiger partial charge in [0.05, 0.1) is 4.88 Å². The van der Waals surface area contributed by atoms with E-state index < -0.39 is 0 Å². The van der Waals surface area contributed by atoms with Crippen LogP contribution in [0.25, 0.3) is 0 Å². The molecule has 3 heteroatoms. The number of rotatable bonds is 3. The van der Waals surface area contributed by atoms with E-state index in [-0.39, 0.29) is 11.4 Å². The number of hydrogen-bond acceptors (Lipinski definition) is 2. The molecule has 78 valence electrons. The van der Waals surface area contributed by atoms with Crippen molar-refractivity contribution in [2.45, 2.75) is 32.7 Å². The minimum absolute atomic E-state index is 0.0684. The molecule has 1 rings (SSSR count). The Bertz CT molecular complexity index is 303. The lowest BCUT2D eigenvalue weighted by atomic mass is 10.00. The number of carbonyl (C=O) groups excluding carboxylic acids is 1. The molecule has 0 bridgehead atoms. The van der Waals surface area contributed by atoms with Crippen molar-refractivity contribution in [2.24, 2.45) is 0 Å². The molecule has 0 saturated carbocycles. The molecule has 0 N–H and O–H groups in total. The van der Waals surface area contributed by atoms with Gasteiger partial charge in [-0.15, -0.1) is 11.3 Å². The highest BCUT2D eigenvalue weighted by Gasteiger charge is 2.26. The number of nitrogens with zero attached hydrogens (tertiary/aromatic N) is 1. The summed E-state index contributed by atoms with van der Waals surface area (Å²) < 4.78 is 0. The molecule has 0 spiro atoms. The summed E-state index contributed by atoms with van der Waals surface area (Å²) in [5, 5.41) is 1.93. The van der Waals surface area contributed by atoms with Crippen LogP contribution in [0.1, 0.15) is 36.9 Å². The number of thiophene rings is 1. The maximum absolute atomic E-state index is 11.9. The van der Waals surface area contributed by atoms with Crippen LogP contribution >= 0.6 is 11.3 Å². The summed E-state index contributed by atoms with van der Waals surface area (Å²) >= 11 is 1.49. The van der Waals surface area contributed by atoms with E-state index in [0.717, 1.165) is 11.3 Å². The van der Waals surface area contributed by atoms with Crippen molar-refractivity contribution in [3.63, 3.8) is 0 Å². The minimum atomic E-state index is -0.0684. The number of hydrogen-bond donors (Lipinski definition) is 0. The van der Waals surface area contributed by atoms with Crippen LogP contribution in [0.5, 0.6) is 0 Å². The van der Waals surface area contributed by atoms with Crippen LogP contribution in [0.4, 0.5) is 0 Å². The second-order valence-electron chi connectivity index (χ2n) is 4.01. The van der Waals surface area contributed by atoms with E-state index >= 15 is 0 Å². The molecule has 1 amide bonds. The predicted molar refractivity (Wildman–Crippen MR) is 60.8 cm³/mol. The predicted octanol–water partition coefficient (Wildman–Crippen LogP) is 3.01. The van der Waals surface area contributed by atoms with E-state index in [4.69, 9.17) is 0 Å². The van der Waals surface area contributed by atoms with Crippen molar-refractivity contribution in [3.05, 3.63) is 22.4 Å². The Morgan fingerprint density at radius 3 is 2.64 bits per heavy atom. The fourth-order valence-corrected chi connectivity index (χ4v) is 1.78. The Morgan fingerprint density at radius 1 is 1.57 bits per heavy atom. The SMILES string of the molecule is CCC(C)(C)N(C)C(=O)c1cccs1. The van der Waals surface area contributed by atoms with Crippen molar-refractivity contribution in [2.75, 3.05) is 7.05 Å². The molecule has 1 aromatic rings. The van der Waals surface area contributed by atoms with E-state index in [1.165, 1.54) is 11.3 Å². The molecule has 0 aliphatic carbocycles. The van der Waals surface area contributed by atoms with Crippen molar-refractivity contribution >= 4 is 17.2 Å². The Labute approximate surface area is 89.5 Å². The third-order valence-electron chi connectivity index (χ3n) is 2.81. The summed E-state index contributed by atoms with van der Waals surface area (Å²) in [4.78, 5) is 14.6. The summed E-state index contributed by atoms with van der Waals surface area (Å²) in [6.45, 7) is 6.26. The van der Waals surface area contributed by atoms with Gasteiger partial charge in [0.1, 0.15) is 0 Å². The summed E-state index contributed by atoms with van der Waals surface area (Å²) in [6, 6.07) is 3.78. The van der Waals surface area contributed by atoms with Crippen LogP contribution in [0.3, 0.4) is 0 Å². The fraction of sp³-hybridized carbons (Fsp3) is 0.545. The second-order valence-corrected chi connectivity index (χ2v) is 4.96. The Hall–Kier alpha value is -0.830. The first kappa shape index (κ1) is 11.2. The van der Waals surface area contributed by atoms with Gasteiger partial charge in [0.2, 0.25) is 0 Å². The molecule has 0 aliphatic rings. The van der Waals surface area contributed by atoms with E-state index in [1.807, 2.05) is 29.5 Å². The van der Waals surface area contributed by atoms with Gasteiger partial charge in [0, 0.05) is 12.6 Å². The molecule has 0 saturated heterocycles. The lowest BCUT2D eigenvalue weighted by molar-refractivity contribution is 0.0625. The first-order valence-electron chi connectivity index (χ1n) is 4.80. The van der Waals surface area contributed by atoms with Gasteiger partial charge in [-0.2, -0.15) is 0 Å². The third-order valence-corrected chi connectivity index (χ3v) is 3.67. The highest BCUT2D eigenvalue weighted by atomic mass is 32.1. The standard InChI is InChI=1S/C11H17NOS/c1-5-11(2,3)12(4)10(13)9-7-6-8-14-9/h6-8H,5H2,1-4H3. The quantitative estimate of drug-likeness (QED) is 0.752. The van der Waals surface area contributed by atoms with E-state index in [2.05, 4.69) is 20.8 Å². The van der Waals surface area contributed by atoms with E-state index in [9.17, 15) is 4.79 Å². The van der Waals surface area contributed by atoms with Gasteiger partial charge in [0.15, 0.2) is 0 Å². The molecule has 0 fully saturated rings. The van der Waals surface area contributed by atoms with Crippen LogP contribution in [-0.4, -0.2) is 23.4 Å². The summed E-state index contributed by atoms with van der Waals surface area (Å²) in [5.41, 5.74) is -0.0684. The highest BCUT2D eigenvalue weighted by molar-refractivity contribution is 7.12. The van der Waals surface area contributed by atoms with Gasteiger partial charge in [-0.1, -0.05) is 13.0 Å². The van der Waals surface area contributed by atoms with Gasteiger partial charge in [-0.25, -0.2) is 0 Å². The van der Waals surface area contributed by atoms with Crippen molar-refractivity contribution in [1.29, 1.82) is 0 Å². The number of amides is 1. The zero-order valence-corrected chi connectivity index (χ0v) is 10.0. The minimum Gasteiger partial charge on any atom is -0.336 e. The fourth-order valence-electron chi connectivity index (χ4n) is 1.08. The molecule has 0 unspecified atom stereocenters. The molecular formula is C11H17NOS. The molecule has 14 heavy (non-hydrogen) atoms. The molecule has 0 atom stereocenters. The van der Waals surface area contributed by atoms with Crippen LogP contribution < -0.4 is 0 Å². The average Bonchev–Trinajstić information content (AvgIpc) is 2.68. The Balaban J connectivity index is 2.81. The molecule has 0 radical (unpaired) electrons. The molecule has 0 aromatic carbocycles. The monoisotopic (exact) mass is 211 g/mol. The Kier molecular flexibility index (Phi) is 3.32. The second kappa shape index (κ2) is 4.13. The highest BCUT2D eigenvalue weighted by Crippen LogP contribution is 2.20. The number of carbonyl (C=O) groups is 1.